The Morgan fingerprint density at radius 3 is 2.38 bits per heavy atom. The van der Waals surface area contributed by atoms with Gasteiger partial charge in [-0.1, -0.05) is 33.1 Å². The van der Waals surface area contributed by atoms with E-state index in [0.717, 1.165) is 12.0 Å². The number of hydrogen-bond donors (Lipinski definition) is 1. The minimum Gasteiger partial charge on any atom is -0.309 e. The van der Waals surface area contributed by atoms with Gasteiger partial charge in [0, 0.05) is 31.2 Å². The van der Waals surface area contributed by atoms with E-state index < -0.39 is 0 Å². The zero-order valence-corrected chi connectivity index (χ0v) is 11.3. The largest absolute Gasteiger partial charge is 0.309 e. The van der Waals surface area contributed by atoms with Crippen LogP contribution in [-0.2, 0) is 0 Å². The van der Waals surface area contributed by atoms with E-state index in [9.17, 15) is 0 Å². The maximum atomic E-state index is 3.82. The SMILES string of the molecule is CC(C)C(C)N1CCNC2(CCCCC2)C1. The summed E-state index contributed by atoms with van der Waals surface area (Å²) in [5.74, 6) is 0.777. The maximum absolute atomic E-state index is 3.82. The first kappa shape index (κ1) is 12.4. The first-order valence-electron chi connectivity index (χ1n) is 7.12. The van der Waals surface area contributed by atoms with Crippen molar-refractivity contribution in [1.82, 2.24) is 10.2 Å². The zero-order chi connectivity index (χ0) is 11.6. The van der Waals surface area contributed by atoms with Gasteiger partial charge in [0.25, 0.3) is 0 Å². The molecule has 1 spiro atoms. The average Bonchev–Trinajstić information content (AvgIpc) is 2.29. The van der Waals surface area contributed by atoms with Crippen LogP contribution in [0, 0.1) is 5.92 Å². The molecule has 0 aromatic rings. The van der Waals surface area contributed by atoms with Crippen LogP contribution < -0.4 is 5.32 Å². The summed E-state index contributed by atoms with van der Waals surface area (Å²) in [6, 6.07) is 0.737. The first-order chi connectivity index (χ1) is 7.63. The molecule has 1 aliphatic heterocycles. The molecule has 2 aliphatic rings. The van der Waals surface area contributed by atoms with E-state index in [0.29, 0.717) is 5.54 Å². The van der Waals surface area contributed by atoms with Gasteiger partial charge in [0.2, 0.25) is 0 Å². The lowest BCUT2D eigenvalue weighted by molar-refractivity contribution is 0.0582. The lowest BCUT2D eigenvalue weighted by atomic mass is 9.79. The summed E-state index contributed by atoms with van der Waals surface area (Å²) in [5, 5.41) is 3.82. The van der Waals surface area contributed by atoms with Crippen LogP contribution in [0.3, 0.4) is 0 Å². The number of nitrogens with one attached hydrogen (secondary N) is 1. The van der Waals surface area contributed by atoms with Crippen LogP contribution in [0.5, 0.6) is 0 Å². The molecule has 2 rings (SSSR count). The van der Waals surface area contributed by atoms with Crippen LogP contribution in [0.4, 0.5) is 0 Å². The molecule has 94 valence electrons. The van der Waals surface area contributed by atoms with Crippen molar-refractivity contribution in [2.24, 2.45) is 5.92 Å². The average molecular weight is 224 g/mol. The van der Waals surface area contributed by atoms with E-state index >= 15 is 0 Å². The molecular formula is C14H28N2. The Morgan fingerprint density at radius 2 is 1.75 bits per heavy atom. The third kappa shape index (κ3) is 2.60. The highest BCUT2D eigenvalue weighted by atomic mass is 15.2. The molecule has 1 aliphatic carbocycles. The van der Waals surface area contributed by atoms with Gasteiger partial charge in [0.05, 0.1) is 0 Å². The molecular weight excluding hydrogens is 196 g/mol. The Bertz CT molecular complexity index is 213. The van der Waals surface area contributed by atoms with Crippen LogP contribution in [0.1, 0.15) is 52.9 Å². The summed E-state index contributed by atoms with van der Waals surface area (Å²) in [6.07, 6.45) is 7.10. The van der Waals surface area contributed by atoms with Crippen molar-refractivity contribution in [3.8, 4) is 0 Å². The molecule has 1 saturated heterocycles. The molecule has 0 aromatic carbocycles. The van der Waals surface area contributed by atoms with Crippen LogP contribution in [-0.4, -0.2) is 36.1 Å². The van der Waals surface area contributed by atoms with E-state index in [1.165, 1.54) is 51.7 Å². The summed E-state index contributed by atoms with van der Waals surface area (Å²) in [6.45, 7) is 10.8. The molecule has 0 amide bonds. The van der Waals surface area contributed by atoms with Crippen molar-refractivity contribution >= 4 is 0 Å². The van der Waals surface area contributed by atoms with Gasteiger partial charge >= 0.3 is 0 Å². The molecule has 1 atom stereocenters. The van der Waals surface area contributed by atoms with Crippen LogP contribution >= 0.6 is 0 Å². The van der Waals surface area contributed by atoms with E-state index in [2.05, 4.69) is 31.0 Å². The van der Waals surface area contributed by atoms with Crippen molar-refractivity contribution in [2.75, 3.05) is 19.6 Å². The fourth-order valence-corrected chi connectivity index (χ4v) is 3.32. The molecule has 0 aromatic heterocycles. The van der Waals surface area contributed by atoms with Crippen LogP contribution in [0.25, 0.3) is 0 Å². The fourth-order valence-electron chi connectivity index (χ4n) is 3.32. The number of hydrogen-bond acceptors (Lipinski definition) is 2. The Balaban J connectivity index is 1.97. The smallest absolute Gasteiger partial charge is 0.0309 e. The van der Waals surface area contributed by atoms with E-state index in [1.54, 1.807) is 0 Å². The lowest BCUT2D eigenvalue weighted by Crippen LogP contribution is -2.63. The van der Waals surface area contributed by atoms with Gasteiger partial charge in [-0.05, 0) is 25.7 Å². The summed E-state index contributed by atoms with van der Waals surface area (Å²) < 4.78 is 0. The summed E-state index contributed by atoms with van der Waals surface area (Å²) in [7, 11) is 0. The van der Waals surface area contributed by atoms with Gasteiger partial charge in [-0.15, -0.1) is 0 Å². The van der Waals surface area contributed by atoms with Gasteiger partial charge in [-0.2, -0.15) is 0 Å². The molecule has 16 heavy (non-hydrogen) atoms. The molecule has 1 unspecified atom stereocenters. The van der Waals surface area contributed by atoms with Gasteiger partial charge in [-0.3, -0.25) is 4.90 Å². The molecule has 1 heterocycles. The maximum Gasteiger partial charge on any atom is 0.0309 e. The van der Waals surface area contributed by atoms with Gasteiger partial charge < -0.3 is 5.32 Å². The van der Waals surface area contributed by atoms with E-state index in [4.69, 9.17) is 0 Å². The first-order valence-corrected chi connectivity index (χ1v) is 7.12. The second-order valence-electron chi connectivity index (χ2n) is 6.22. The Hall–Kier alpha value is -0.0800. The minimum atomic E-state index is 0.472. The topological polar surface area (TPSA) is 15.3 Å². The normalized spacial score (nSPS) is 28.5. The number of nitrogens with zero attached hydrogens (tertiary/aromatic N) is 1. The molecule has 2 fully saturated rings. The highest BCUT2D eigenvalue weighted by Gasteiger charge is 2.37. The Kier molecular flexibility index (Phi) is 3.91. The zero-order valence-electron chi connectivity index (χ0n) is 11.3. The summed E-state index contributed by atoms with van der Waals surface area (Å²) >= 11 is 0. The standard InChI is InChI=1S/C14H28N2/c1-12(2)13(3)16-10-9-15-14(11-16)7-5-4-6-8-14/h12-13,15H,4-11H2,1-3H3. The van der Waals surface area contributed by atoms with Crippen molar-refractivity contribution in [1.29, 1.82) is 0 Å². The highest BCUT2D eigenvalue weighted by Crippen LogP contribution is 2.31. The lowest BCUT2D eigenvalue weighted by Gasteiger charge is -2.48. The third-order valence-electron chi connectivity index (χ3n) is 4.76. The van der Waals surface area contributed by atoms with Gasteiger partial charge in [0.15, 0.2) is 0 Å². The fraction of sp³-hybridized carbons (Fsp3) is 1.00. The highest BCUT2D eigenvalue weighted by molar-refractivity contribution is 4.97. The van der Waals surface area contributed by atoms with Gasteiger partial charge in [-0.25, -0.2) is 0 Å². The van der Waals surface area contributed by atoms with Crippen LogP contribution in [0.15, 0.2) is 0 Å². The molecule has 1 N–H and O–H groups in total. The number of piperazine rings is 1. The minimum absolute atomic E-state index is 0.472. The van der Waals surface area contributed by atoms with Crippen molar-refractivity contribution in [3.05, 3.63) is 0 Å². The molecule has 2 nitrogen and oxygen atoms in total. The predicted molar refractivity (Wildman–Crippen MR) is 69.7 cm³/mol. The molecule has 0 bridgehead atoms. The second kappa shape index (κ2) is 5.05. The second-order valence-corrected chi connectivity index (χ2v) is 6.22. The number of rotatable bonds is 2. The molecule has 2 heteroatoms. The monoisotopic (exact) mass is 224 g/mol. The quantitative estimate of drug-likeness (QED) is 0.776. The molecule has 1 saturated carbocycles. The van der Waals surface area contributed by atoms with Crippen molar-refractivity contribution in [3.63, 3.8) is 0 Å². The Morgan fingerprint density at radius 1 is 1.06 bits per heavy atom. The molecule has 0 radical (unpaired) electrons. The Labute approximate surface area is 101 Å². The van der Waals surface area contributed by atoms with E-state index in [-0.39, 0.29) is 0 Å². The summed E-state index contributed by atoms with van der Waals surface area (Å²) in [4.78, 5) is 2.71. The van der Waals surface area contributed by atoms with Gasteiger partial charge in [0.1, 0.15) is 0 Å². The van der Waals surface area contributed by atoms with Crippen molar-refractivity contribution in [2.45, 2.75) is 64.5 Å². The third-order valence-corrected chi connectivity index (χ3v) is 4.76. The van der Waals surface area contributed by atoms with Crippen molar-refractivity contribution < 1.29 is 0 Å². The van der Waals surface area contributed by atoms with E-state index in [1.807, 2.05) is 0 Å². The summed E-state index contributed by atoms with van der Waals surface area (Å²) in [5.41, 5.74) is 0.472. The predicted octanol–water partition coefficient (Wildman–Crippen LogP) is 2.64. The van der Waals surface area contributed by atoms with Crippen LogP contribution in [0.2, 0.25) is 0 Å².